The van der Waals surface area contributed by atoms with E-state index in [9.17, 15) is 14.4 Å². The van der Waals surface area contributed by atoms with Crippen molar-refractivity contribution in [2.75, 3.05) is 24.7 Å². The van der Waals surface area contributed by atoms with Crippen molar-refractivity contribution in [1.82, 2.24) is 45.2 Å². The number of fused-ring (bicyclic) bond motifs is 3. The molecule has 3 amide bonds. The van der Waals surface area contributed by atoms with Gasteiger partial charge < -0.3 is 45.4 Å². The number of alkyl carbamates (subject to hydrolysis) is 1. The third-order valence-corrected chi connectivity index (χ3v) is 11.7. The first-order valence-corrected chi connectivity index (χ1v) is 19.6. The van der Waals surface area contributed by atoms with Crippen LogP contribution in [0, 0.1) is 5.92 Å². The molecule has 0 aliphatic carbocycles. The van der Waals surface area contributed by atoms with Crippen LogP contribution in [0.15, 0.2) is 65.2 Å². The first kappa shape index (κ1) is 36.2. The summed E-state index contributed by atoms with van der Waals surface area (Å²) in [6.45, 7) is 4.58. The molecule has 0 saturated carbocycles. The summed E-state index contributed by atoms with van der Waals surface area (Å²) >= 11 is 0. The highest BCUT2D eigenvalue weighted by Crippen LogP contribution is 2.41. The number of rotatable bonds is 9. The first-order chi connectivity index (χ1) is 27.6. The molecule has 0 unspecified atom stereocenters. The summed E-state index contributed by atoms with van der Waals surface area (Å²) < 4.78 is 9.63. The average Bonchev–Trinajstić information content (AvgIpc) is 4.06. The number of piperidine rings is 1. The first-order valence-electron chi connectivity index (χ1n) is 19.6. The van der Waals surface area contributed by atoms with E-state index in [4.69, 9.17) is 25.0 Å². The summed E-state index contributed by atoms with van der Waals surface area (Å²) in [6, 6.07) is 19.4. The number of ether oxygens (including phenoxy) is 1. The van der Waals surface area contributed by atoms with Gasteiger partial charge in [-0.05, 0) is 96.1 Å². The highest BCUT2D eigenvalue weighted by molar-refractivity contribution is 5.88. The molecule has 16 heteroatoms. The summed E-state index contributed by atoms with van der Waals surface area (Å²) in [6.07, 6.45) is 4.24. The standard InChI is InChI=1S/C41H45N11O5/c1-21(2)34(48-40-49-39(42)57-50-40)38(54)51-18-4-5-32(51)35-43-27-14-10-24(19-30(27)45-35)22-6-8-23(9-7-22)25-11-15-28-31(20-25)46-36(44-28)33-17-13-26-12-16-29(37(53)52(26)33)47-41(55)56-3/h6-11,14-15,19-21,26,29,32-34H,4-5,12-13,16-18H2,1-3H3,(H,43,45)(H,44,46)(H,47,55)(H3,42,48,49,50)/t26-,29-,32-,33-,34-/m0/s1. The number of nitrogens with two attached hydrogens (primary N) is 1. The van der Waals surface area contributed by atoms with Crippen molar-refractivity contribution < 1.29 is 23.6 Å². The molecule has 5 atom stereocenters. The minimum absolute atomic E-state index is 0.0316. The zero-order valence-corrected chi connectivity index (χ0v) is 32.0. The number of carbonyl (C=O) groups is 3. The third-order valence-electron chi connectivity index (χ3n) is 11.7. The molecule has 3 aromatic heterocycles. The molecule has 6 N–H and O–H groups in total. The maximum Gasteiger partial charge on any atom is 0.407 e. The van der Waals surface area contributed by atoms with Crippen molar-refractivity contribution in [1.29, 1.82) is 0 Å². The van der Waals surface area contributed by atoms with E-state index in [0.717, 1.165) is 88.1 Å². The van der Waals surface area contributed by atoms with E-state index in [1.807, 2.05) is 35.8 Å². The van der Waals surface area contributed by atoms with E-state index < -0.39 is 18.2 Å². The molecule has 3 aliphatic rings. The summed E-state index contributed by atoms with van der Waals surface area (Å²) in [5.74, 6) is 1.56. The van der Waals surface area contributed by atoms with Crippen LogP contribution in [-0.4, -0.2) is 89.6 Å². The number of amides is 3. The van der Waals surface area contributed by atoms with Gasteiger partial charge in [-0.1, -0.05) is 50.2 Å². The molecular formula is C41H45N11O5. The molecule has 3 saturated heterocycles. The Morgan fingerprint density at radius 3 is 2.05 bits per heavy atom. The maximum absolute atomic E-state index is 13.9. The summed E-state index contributed by atoms with van der Waals surface area (Å²) in [5, 5.41) is 9.62. The molecule has 3 aromatic carbocycles. The monoisotopic (exact) mass is 771 g/mol. The predicted molar refractivity (Wildman–Crippen MR) is 212 cm³/mol. The highest BCUT2D eigenvalue weighted by atomic mass is 16.5. The lowest BCUT2D eigenvalue weighted by molar-refractivity contribution is -0.139. The molecule has 3 fully saturated rings. The van der Waals surface area contributed by atoms with E-state index in [1.165, 1.54) is 7.11 Å². The fraction of sp³-hybridized carbons (Fsp3) is 0.390. The Bertz CT molecular complexity index is 2470. The number of hydrogen-bond acceptors (Lipinski definition) is 11. The van der Waals surface area contributed by atoms with Crippen LogP contribution in [0.3, 0.4) is 0 Å². The lowest BCUT2D eigenvalue weighted by atomic mass is 9.98. The normalized spacial score (nSPS) is 21.4. The van der Waals surface area contributed by atoms with E-state index in [1.54, 1.807) is 0 Å². The average molecular weight is 772 g/mol. The van der Waals surface area contributed by atoms with Crippen LogP contribution in [0.25, 0.3) is 44.3 Å². The minimum atomic E-state index is -0.595. The van der Waals surface area contributed by atoms with Gasteiger partial charge in [-0.25, -0.2) is 14.8 Å². The number of nitrogens with one attached hydrogen (secondary N) is 4. The second-order valence-corrected chi connectivity index (χ2v) is 15.6. The van der Waals surface area contributed by atoms with Crippen molar-refractivity contribution in [3.05, 3.63) is 72.3 Å². The Kier molecular flexibility index (Phi) is 9.25. The number of nitrogen functional groups attached to an aromatic ring is 1. The van der Waals surface area contributed by atoms with E-state index >= 15 is 0 Å². The van der Waals surface area contributed by atoms with Gasteiger partial charge in [0.05, 0.1) is 41.3 Å². The molecule has 0 bridgehead atoms. The number of aromatic nitrogens is 6. The highest BCUT2D eigenvalue weighted by Gasteiger charge is 2.45. The number of nitrogens with zero attached hydrogens (tertiary/aromatic N) is 6. The van der Waals surface area contributed by atoms with E-state index in [2.05, 4.69) is 79.3 Å². The summed E-state index contributed by atoms with van der Waals surface area (Å²) in [4.78, 5) is 63.9. The Labute approximate surface area is 327 Å². The predicted octanol–water partition coefficient (Wildman–Crippen LogP) is 6.09. The Hall–Kier alpha value is -6.45. The fourth-order valence-corrected chi connectivity index (χ4v) is 8.79. The van der Waals surface area contributed by atoms with Crippen molar-refractivity contribution in [2.45, 2.75) is 82.6 Å². The van der Waals surface area contributed by atoms with Gasteiger partial charge in [0.15, 0.2) is 0 Å². The second-order valence-electron chi connectivity index (χ2n) is 15.6. The number of imidazole rings is 2. The number of likely N-dealkylation sites (tertiary alicyclic amines) is 1. The largest absolute Gasteiger partial charge is 0.453 e. The molecule has 6 aromatic rings. The van der Waals surface area contributed by atoms with E-state index in [0.29, 0.717) is 13.0 Å². The molecule has 0 spiro atoms. The van der Waals surface area contributed by atoms with E-state index in [-0.39, 0.29) is 47.8 Å². The van der Waals surface area contributed by atoms with Crippen LogP contribution in [0.5, 0.6) is 0 Å². The number of methoxy groups -OCH3 is 1. The maximum atomic E-state index is 13.9. The molecule has 16 nitrogen and oxygen atoms in total. The number of anilines is 2. The summed E-state index contributed by atoms with van der Waals surface area (Å²) in [5.41, 5.74) is 13.3. The van der Waals surface area contributed by atoms with Crippen LogP contribution in [0.4, 0.5) is 16.8 Å². The van der Waals surface area contributed by atoms with Crippen molar-refractivity contribution in [2.24, 2.45) is 5.92 Å². The smallest absolute Gasteiger partial charge is 0.407 e. The number of carbonyl (C=O) groups excluding carboxylic acids is 3. The van der Waals surface area contributed by atoms with Gasteiger partial charge in [-0.2, -0.15) is 4.98 Å². The molecule has 3 aliphatic heterocycles. The van der Waals surface area contributed by atoms with Gasteiger partial charge in [0, 0.05) is 12.6 Å². The van der Waals surface area contributed by atoms with Gasteiger partial charge in [0.2, 0.25) is 11.8 Å². The van der Waals surface area contributed by atoms with Crippen LogP contribution in [-0.2, 0) is 14.3 Å². The van der Waals surface area contributed by atoms with Gasteiger partial charge >= 0.3 is 12.1 Å². The molecular weight excluding hydrogens is 727 g/mol. The molecule has 57 heavy (non-hydrogen) atoms. The van der Waals surface area contributed by atoms with Crippen LogP contribution >= 0.6 is 0 Å². The van der Waals surface area contributed by atoms with Crippen LogP contribution in [0.1, 0.15) is 76.1 Å². The van der Waals surface area contributed by atoms with Crippen molar-refractivity contribution >= 4 is 51.9 Å². The Balaban J connectivity index is 0.902. The molecule has 9 rings (SSSR count). The number of benzene rings is 3. The zero-order valence-electron chi connectivity index (χ0n) is 32.0. The van der Waals surface area contributed by atoms with Crippen molar-refractivity contribution in [3.63, 3.8) is 0 Å². The SMILES string of the molecule is COC(=O)N[C@H]1CC[C@H]2CC[C@@H](c3nc4ccc(-c5ccc(-c6ccc7nc([C@@H]8CCCN8C(=O)[C@@H](Nc8noc(N)n8)C(C)C)[nH]c7c6)cc5)cc4[nH]3)N2C1=O. The lowest BCUT2D eigenvalue weighted by Crippen LogP contribution is -2.54. The molecule has 294 valence electrons. The topological polar surface area (TPSA) is 213 Å². The van der Waals surface area contributed by atoms with Gasteiger partial charge in [0.1, 0.15) is 23.7 Å². The summed E-state index contributed by atoms with van der Waals surface area (Å²) in [7, 11) is 1.30. The molecule has 6 heterocycles. The minimum Gasteiger partial charge on any atom is -0.453 e. The third kappa shape index (κ3) is 6.78. The number of H-pyrrole nitrogens is 2. The van der Waals surface area contributed by atoms with Crippen molar-refractivity contribution in [3.8, 4) is 22.3 Å². The Morgan fingerprint density at radius 2 is 1.46 bits per heavy atom. The second kappa shape index (κ2) is 14.6. The van der Waals surface area contributed by atoms with Gasteiger partial charge in [-0.15, -0.1) is 0 Å². The molecule has 0 radical (unpaired) electrons. The van der Waals surface area contributed by atoms with Crippen LogP contribution in [0.2, 0.25) is 0 Å². The zero-order chi connectivity index (χ0) is 39.4. The quantitative estimate of drug-likeness (QED) is 0.113. The van der Waals surface area contributed by atoms with Gasteiger partial charge in [-0.3, -0.25) is 9.59 Å². The number of hydrogen-bond donors (Lipinski definition) is 5. The van der Waals surface area contributed by atoms with Gasteiger partial charge in [0.25, 0.3) is 5.95 Å². The Morgan fingerprint density at radius 1 is 0.842 bits per heavy atom. The lowest BCUT2D eigenvalue weighted by Gasteiger charge is -2.37. The number of aromatic amines is 2. The van der Waals surface area contributed by atoms with Crippen LogP contribution < -0.4 is 16.4 Å². The fourth-order valence-electron chi connectivity index (χ4n) is 8.79.